The van der Waals surface area contributed by atoms with E-state index in [9.17, 15) is 54.3 Å². The Hall–Kier alpha value is -2.54. The van der Waals surface area contributed by atoms with E-state index < -0.39 is 71.3 Å². The Morgan fingerprint density at radius 2 is 1.00 bits per heavy atom. The molecule has 0 saturated carbocycles. The molecule has 0 radical (unpaired) electrons. The average Bonchev–Trinajstić information content (AvgIpc) is 2.54. The standard InChI is InChI=1S/C14H18O12/c1-4(15)7(19)9(21)11(23)14(13(25)26,3-6(17)18)12(24)10(22)8(20)5(2)16/h7-10,19-22H,3H2,1-2H3,(H,17,18)(H,25,26). The largest absolute Gasteiger partial charge is 0.481 e. The zero-order valence-corrected chi connectivity index (χ0v) is 13.6. The summed E-state index contributed by atoms with van der Waals surface area (Å²) < 4.78 is 0. The second-order valence-electron chi connectivity index (χ2n) is 5.51. The third kappa shape index (κ3) is 4.54. The number of rotatable bonds is 11. The summed E-state index contributed by atoms with van der Waals surface area (Å²) in [6.45, 7) is 1.44. The van der Waals surface area contributed by atoms with Gasteiger partial charge in [0.05, 0.1) is 6.42 Å². The maximum absolute atomic E-state index is 12.3. The van der Waals surface area contributed by atoms with Gasteiger partial charge in [-0.2, -0.15) is 0 Å². The van der Waals surface area contributed by atoms with E-state index >= 15 is 0 Å². The number of carbonyl (C=O) groups is 6. The molecule has 4 unspecified atom stereocenters. The van der Waals surface area contributed by atoms with Gasteiger partial charge in [0.15, 0.2) is 28.5 Å². The molecule has 146 valence electrons. The minimum absolute atomic E-state index is 0.719. The zero-order valence-electron chi connectivity index (χ0n) is 13.6. The van der Waals surface area contributed by atoms with Crippen molar-refractivity contribution in [2.45, 2.75) is 44.7 Å². The maximum Gasteiger partial charge on any atom is 0.325 e. The molecular weight excluding hydrogens is 360 g/mol. The van der Waals surface area contributed by atoms with E-state index in [-0.39, 0.29) is 0 Å². The van der Waals surface area contributed by atoms with Crippen molar-refractivity contribution < 1.29 is 59.4 Å². The molecule has 0 aromatic carbocycles. The highest BCUT2D eigenvalue weighted by Gasteiger charge is 2.60. The Bertz CT molecular complexity index is 598. The van der Waals surface area contributed by atoms with Crippen molar-refractivity contribution >= 4 is 35.1 Å². The van der Waals surface area contributed by atoms with E-state index in [1.807, 2.05) is 0 Å². The summed E-state index contributed by atoms with van der Waals surface area (Å²) in [5.41, 5.74) is -3.67. The summed E-state index contributed by atoms with van der Waals surface area (Å²) in [7, 11) is 0. The lowest BCUT2D eigenvalue weighted by Gasteiger charge is -2.30. The van der Waals surface area contributed by atoms with Gasteiger partial charge in [-0.15, -0.1) is 0 Å². The number of aliphatic hydroxyl groups is 4. The predicted octanol–water partition coefficient (Wildman–Crippen LogP) is -3.71. The first-order valence-electron chi connectivity index (χ1n) is 6.98. The lowest BCUT2D eigenvalue weighted by Crippen LogP contribution is -2.59. The quantitative estimate of drug-likeness (QED) is 0.191. The van der Waals surface area contributed by atoms with Crippen LogP contribution in [0.15, 0.2) is 0 Å². The normalized spacial score (nSPS) is 17.9. The number of Topliss-reactive ketones (excluding diaryl/α,β-unsaturated/α-hetero) is 4. The molecule has 12 nitrogen and oxygen atoms in total. The SMILES string of the molecule is CC(=O)C(O)C(O)C(=O)C(CC(=O)O)(C(=O)O)C(=O)C(O)C(O)C(C)=O. The van der Waals surface area contributed by atoms with Crippen LogP contribution in [0, 0.1) is 5.41 Å². The van der Waals surface area contributed by atoms with Gasteiger partial charge in [-0.1, -0.05) is 0 Å². The van der Waals surface area contributed by atoms with Gasteiger partial charge in [0.2, 0.25) is 0 Å². The van der Waals surface area contributed by atoms with Crippen molar-refractivity contribution in [2.75, 3.05) is 0 Å². The van der Waals surface area contributed by atoms with Crippen LogP contribution in [-0.2, 0) is 28.8 Å². The molecular formula is C14H18O12. The minimum atomic E-state index is -3.67. The molecule has 0 saturated heterocycles. The van der Waals surface area contributed by atoms with E-state index in [1.165, 1.54) is 0 Å². The molecule has 0 rings (SSSR count). The van der Waals surface area contributed by atoms with Crippen molar-refractivity contribution in [3.05, 3.63) is 0 Å². The maximum atomic E-state index is 12.3. The fourth-order valence-electron chi connectivity index (χ4n) is 2.05. The molecule has 0 fully saturated rings. The number of carbonyl (C=O) groups excluding carboxylic acids is 4. The monoisotopic (exact) mass is 378 g/mol. The van der Waals surface area contributed by atoms with E-state index in [0.717, 1.165) is 13.8 Å². The van der Waals surface area contributed by atoms with Crippen LogP contribution in [0.25, 0.3) is 0 Å². The van der Waals surface area contributed by atoms with E-state index in [4.69, 9.17) is 5.11 Å². The molecule has 0 aliphatic rings. The lowest BCUT2D eigenvalue weighted by atomic mass is 9.71. The Balaban J connectivity index is 6.37. The second kappa shape index (κ2) is 8.71. The van der Waals surface area contributed by atoms with Gasteiger partial charge in [-0.05, 0) is 13.8 Å². The van der Waals surface area contributed by atoms with Gasteiger partial charge in [0.1, 0.15) is 24.4 Å². The van der Waals surface area contributed by atoms with Crippen LogP contribution in [0.4, 0.5) is 0 Å². The van der Waals surface area contributed by atoms with Crippen molar-refractivity contribution in [3.63, 3.8) is 0 Å². The van der Waals surface area contributed by atoms with Crippen molar-refractivity contribution in [1.82, 2.24) is 0 Å². The molecule has 4 atom stereocenters. The third-order valence-electron chi connectivity index (χ3n) is 3.59. The molecule has 0 aliphatic heterocycles. The Labute approximate surface area is 145 Å². The van der Waals surface area contributed by atoms with Gasteiger partial charge < -0.3 is 30.6 Å². The molecule has 0 heterocycles. The molecule has 0 aliphatic carbocycles. The van der Waals surface area contributed by atoms with Crippen LogP contribution < -0.4 is 0 Å². The first-order valence-corrected chi connectivity index (χ1v) is 6.98. The summed E-state index contributed by atoms with van der Waals surface area (Å²) in [5.74, 6) is -11.1. The highest BCUT2D eigenvalue weighted by Crippen LogP contribution is 2.31. The number of carboxylic acid groups (broad SMARTS) is 2. The third-order valence-corrected chi connectivity index (χ3v) is 3.59. The van der Waals surface area contributed by atoms with Crippen LogP contribution in [0.5, 0.6) is 0 Å². The van der Waals surface area contributed by atoms with Crippen LogP contribution >= 0.6 is 0 Å². The fraction of sp³-hybridized carbons (Fsp3) is 0.571. The summed E-state index contributed by atoms with van der Waals surface area (Å²) in [6.07, 6.45) is -12.4. The highest BCUT2D eigenvalue weighted by molar-refractivity contribution is 6.26. The molecule has 0 aromatic heterocycles. The van der Waals surface area contributed by atoms with Gasteiger partial charge in [0.25, 0.3) is 0 Å². The first kappa shape index (κ1) is 23.5. The number of aliphatic hydroxyl groups excluding tert-OH is 4. The molecule has 6 N–H and O–H groups in total. The first-order chi connectivity index (χ1) is 11.7. The van der Waals surface area contributed by atoms with Crippen LogP contribution in [0.2, 0.25) is 0 Å². The number of carboxylic acids is 2. The summed E-state index contributed by atoms with van der Waals surface area (Å²) >= 11 is 0. The minimum Gasteiger partial charge on any atom is -0.481 e. The number of hydrogen-bond acceptors (Lipinski definition) is 10. The van der Waals surface area contributed by atoms with Crippen molar-refractivity contribution in [1.29, 1.82) is 0 Å². The molecule has 26 heavy (non-hydrogen) atoms. The Morgan fingerprint density at radius 1 is 0.692 bits per heavy atom. The van der Waals surface area contributed by atoms with E-state index in [1.54, 1.807) is 0 Å². The van der Waals surface area contributed by atoms with Crippen molar-refractivity contribution in [2.24, 2.45) is 5.41 Å². The number of aliphatic carboxylic acids is 2. The predicted molar refractivity (Wildman–Crippen MR) is 77.7 cm³/mol. The lowest BCUT2D eigenvalue weighted by molar-refractivity contribution is -0.175. The van der Waals surface area contributed by atoms with Gasteiger partial charge >= 0.3 is 11.9 Å². The summed E-state index contributed by atoms with van der Waals surface area (Å²) in [5, 5.41) is 56.4. The molecule has 0 amide bonds. The number of hydrogen-bond donors (Lipinski definition) is 6. The van der Waals surface area contributed by atoms with Gasteiger partial charge in [-0.25, -0.2) is 0 Å². The van der Waals surface area contributed by atoms with Crippen LogP contribution in [-0.4, -0.2) is 90.1 Å². The van der Waals surface area contributed by atoms with Gasteiger partial charge in [0, 0.05) is 0 Å². The van der Waals surface area contributed by atoms with Crippen LogP contribution in [0.1, 0.15) is 20.3 Å². The average molecular weight is 378 g/mol. The van der Waals surface area contributed by atoms with Crippen LogP contribution in [0.3, 0.4) is 0 Å². The second-order valence-corrected chi connectivity index (χ2v) is 5.51. The highest BCUT2D eigenvalue weighted by atomic mass is 16.4. The molecule has 0 spiro atoms. The molecule has 0 bridgehead atoms. The fourth-order valence-corrected chi connectivity index (χ4v) is 2.05. The topological polar surface area (TPSA) is 224 Å². The molecule has 12 heteroatoms. The molecule has 0 aromatic rings. The number of ketones is 4. The summed E-state index contributed by atoms with van der Waals surface area (Å²) in [6, 6.07) is 0. The smallest absolute Gasteiger partial charge is 0.325 e. The van der Waals surface area contributed by atoms with Crippen molar-refractivity contribution in [3.8, 4) is 0 Å². The van der Waals surface area contributed by atoms with E-state index in [2.05, 4.69) is 0 Å². The zero-order chi connectivity index (χ0) is 21.0. The van der Waals surface area contributed by atoms with E-state index in [0.29, 0.717) is 0 Å². The Kier molecular flexibility index (Phi) is 7.86. The Morgan fingerprint density at radius 3 is 1.19 bits per heavy atom. The summed E-state index contributed by atoms with van der Waals surface area (Å²) in [4.78, 5) is 69.3. The van der Waals surface area contributed by atoms with Gasteiger partial charge in [-0.3, -0.25) is 28.8 Å².